The molecule has 2 rings (SSSR count). The van der Waals surface area contributed by atoms with E-state index in [-0.39, 0.29) is 18.0 Å². The summed E-state index contributed by atoms with van der Waals surface area (Å²) in [6.45, 7) is 3.12. The largest absolute Gasteiger partial charge is 0.387 e. The molecule has 1 unspecified atom stereocenters. The molecule has 1 aromatic rings. The summed E-state index contributed by atoms with van der Waals surface area (Å²) in [6.07, 6.45) is 0.613. The SMILES string of the molecule is Cc1cc(C(=O)NCC2(O)CCNC2)cc(=O)[nH]1. The van der Waals surface area contributed by atoms with Crippen molar-refractivity contribution in [2.24, 2.45) is 0 Å². The second-order valence-electron chi connectivity index (χ2n) is 4.75. The van der Waals surface area contributed by atoms with Crippen LogP contribution in [0.15, 0.2) is 16.9 Å². The number of hydrogen-bond acceptors (Lipinski definition) is 4. The van der Waals surface area contributed by atoms with E-state index in [4.69, 9.17) is 0 Å². The molecule has 1 fully saturated rings. The van der Waals surface area contributed by atoms with Crippen LogP contribution in [0, 0.1) is 6.92 Å². The van der Waals surface area contributed by atoms with Crippen LogP contribution in [0.5, 0.6) is 0 Å². The molecule has 98 valence electrons. The van der Waals surface area contributed by atoms with Gasteiger partial charge >= 0.3 is 0 Å². The number of H-pyrrole nitrogens is 1. The first-order chi connectivity index (χ1) is 8.48. The second kappa shape index (κ2) is 4.91. The Morgan fingerprint density at radius 2 is 2.33 bits per heavy atom. The number of rotatable bonds is 3. The van der Waals surface area contributed by atoms with Crippen LogP contribution >= 0.6 is 0 Å². The number of carbonyl (C=O) groups is 1. The number of aromatic amines is 1. The summed E-state index contributed by atoms with van der Waals surface area (Å²) in [5.41, 5.74) is -0.243. The Labute approximate surface area is 104 Å². The van der Waals surface area contributed by atoms with E-state index in [1.807, 2.05) is 0 Å². The van der Waals surface area contributed by atoms with Gasteiger partial charge in [0.25, 0.3) is 5.91 Å². The minimum absolute atomic E-state index is 0.185. The third-order valence-corrected chi connectivity index (χ3v) is 3.04. The molecule has 6 heteroatoms. The van der Waals surface area contributed by atoms with Crippen molar-refractivity contribution in [2.45, 2.75) is 18.9 Å². The van der Waals surface area contributed by atoms with Gasteiger partial charge in [-0.2, -0.15) is 0 Å². The number of carbonyl (C=O) groups excluding carboxylic acids is 1. The number of β-amino-alcohol motifs (C(OH)–C–C–N with tert-alkyl or cyclic N) is 1. The van der Waals surface area contributed by atoms with Crippen LogP contribution in [0.3, 0.4) is 0 Å². The van der Waals surface area contributed by atoms with E-state index in [1.54, 1.807) is 13.0 Å². The van der Waals surface area contributed by atoms with Gasteiger partial charge in [0.1, 0.15) is 0 Å². The molecule has 2 heterocycles. The van der Waals surface area contributed by atoms with Gasteiger partial charge in [0.05, 0.1) is 5.60 Å². The second-order valence-corrected chi connectivity index (χ2v) is 4.75. The van der Waals surface area contributed by atoms with Gasteiger partial charge in [0.15, 0.2) is 0 Å². The van der Waals surface area contributed by atoms with Gasteiger partial charge in [-0.3, -0.25) is 9.59 Å². The number of aromatic nitrogens is 1. The van der Waals surface area contributed by atoms with E-state index >= 15 is 0 Å². The van der Waals surface area contributed by atoms with Gasteiger partial charge in [0, 0.05) is 30.4 Å². The summed E-state index contributed by atoms with van der Waals surface area (Å²) in [7, 11) is 0. The number of amides is 1. The zero-order valence-corrected chi connectivity index (χ0v) is 10.2. The van der Waals surface area contributed by atoms with Crippen molar-refractivity contribution < 1.29 is 9.90 Å². The lowest BCUT2D eigenvalue weighted by Crippen LogP contribution is -2.44. The minimum Gasteiger partial charge on any atom is -0.387 e. The van der Waals surface area contributed by atoms with Gasteiger partial charge in [-0.05, 0) is 26.0 Å². The molecule has 1 atom stereocenters. The third-order valence-electron chi connectivity index (χ3n) is 3.04. The highest BCUT2D eigenvalue weighted by Crippen LogP contribution is 2.12. The van der Waals surface area contributed by atoms with Crippen molar-refractivity contribution in [3.8, 4) is 0 Å². The Hall–Kier alpha value is -1.66. The highest BCUT2D eigenvalue weighted by atomic mass is 16.3. The smallest absolute Gasteiger partial charge is 0.251 e. The first-order valence-corrected chi connectivity index (χ1v) is 5.91. The normalized spacial score (nSPS) is 23.0. The summed E-state index contributed by atoms with van der Waals surface area (Å²) in [5.74, 6) is -0.343. The molecule has 1 saturated heterocycles. The van der Waals surface area contributed by atoms with Crippen molar-refractivity contribution >= 4 is 5.91 Å². The monoisotopic (exact) mass is 251 g/mol. The van der Waals surface area contributed by atoms with Crippen LogP contribution in [0.25, 0.3) is 0 Å². The van der Waals surface area contributed by atoms with E-state index in [9.17, 15) is 14.7 Å². The van der Waals surface area contributed by atoms with E-state index in [0.717, 1.165) is 6.54 Å². The van der Waals surface area contributed by atoms with Crippen molar-refractivity contribution in [2.75, 3.05) is 19.6 Å². The molecular formula is C12H17N3O3. The fourth-order valence-corrected chi connectivity index (χ4v) is 2.04. The topological polar surface area (TPSA) is 94.2 Å². The Morgan fingerprint density at radius 3 is 2.94 bits per heavy atom. The fraction of sp³-hybridized carbons (Fsp3) is 0.500. The summed E-state index contributed by atoms with van der Waals surface area (Å²) < 4.78 is 0. The zero-order chi connectivity index (χ0) is 13.2. The lowest BCUT2D eigenvalue weighted by molar-refractivity contribution is 0.0562. The van der Waals surface area contributed by atoms with E-state index < -0.39 is 5.60 Å². The summed E-state index contributed by atoms with van der Waals surface area (Å²) >= 11 is 0. The number of aryl methyl sites for hydroxylation is 1. The van der Waals surface area contributed by atoms with Crippen LogP contribution in [-0.4, -0.2) is 41.2 Å². The number of hydrogen-bond donors (Lipinski definition) is 4. The van der Waals surface area contributed by atoms with Gasteiger partial charge in [-0.15, -0.1) is 0 Å². The minimum atomic E-state index is -0.883. The zero-order valence-electron chi connectivity index (χ0n) is 10.2. The van der Waals surface area contributed by atoms with E-state index in [1.165, 1.54) is 6.07 Å². The molecule has 6 nitrogen and oxygen atoms in total. The summed E-state index contributed by atoms with van der Waals surface area (Å²) in [4.78, 5) is 25.7. The van der Waals surface area contributed by atoms with Gasteiger partial charge in [0.2, 0.25) is 5.56 Å². The quantitative estimate of drug-likeness (QED) is 0.562. The molecule has 0 radical (unpaired) electrons. The predicted molar refractivity (Wildman–Crippen MR) is 66.6 cm³/mol. The van der Waals surface area contributed by atoms with Crippen LogP contribution in [-0.2, 0) is 0 Å². The molecule has 1 aromatic heterocycles. The lowest BCUT2D eigenvalue weighted by atomic mass is 10.0. The third kappa shape index (κ3) is 2.96. The molecule has 0 aliphatic carbocycles. The molecule has 1 aliphatic heterocycles. The summed E-state index contributed by atoms with van der Waals surface area (Å²) in [5, 5.41) is 15.7. The average Bonchev–Trinajstić information content (AvgIpc) is 2.72. The Bertz CT molecular complexity index is 504. The van der Waals surface area contributed by atoms with E-state index in [2.05, 4.69) is 15.6 Å². The molecule has 4 N–H and O–H groups in total. The highest BCUT2D eigenvalue weighted by molar-refractivity contribution is 5.94. The molecule has 0 bridgehead atoms. The van der Waals surface area contributed by atoms with Crippen molar-refractivity contribution in [3.05, 3.63) is 33.7 Å². The fourth-order valence-electron chi connectivity index (χ4n) is 2.04. The van der Waals surface area contributed by atoms with Crippen LogP contribution in [0.1, 0.15) is 22.5 Å². The molecule has 0 spiro atoms. The lowest BCUT2D eigenvalue weighted by Gasteiger charge is -2.21. The number of nitrogens with one attached hydrogen (secondary N) is 3. The first kappa shape index (κ1) is 12.8. The van der Waals surface area contributed by atoms with Crippen molar-refractivity contribution in [3.63, 3.8) is 0 Å². The molecule has 18 heavy (non-hydrogen) atoms. The molecule has 1 amide bonds. The van der Waals surface area contributed by atoms with Gasteiger partial charge in [-0.1, -0.05) is 0 Å². The van der Waals surface area contributed by atoms with Gasteiger partial charge < -0.3 is 20.7 Å². The average molecular weight is 251 g/mol. The Kier molecular flexibility index (Phi) is 3.49. The molecule has 0 aromatic carbocycles. The first-order valence-electron chi connectivity index (χ1n) is 5.91. The van der Waals surface area contributed by atoms with E-state index in [0.29, 0.717) is 24.2 Å². The molecule has 0 saturated carbocycles. The van der Waals surface area contributed by atoms with Crippen LogP contribution in [0.2, 0.25) is 0 Å². The Balaban J connectivity index is 2.01. The summed E-state index contributed by atoms with van der Waals surface area (Å²) in [6, 6.07) is 2.85. The Morgan fingerprint density at radius 1 is 1.56 bits per heavy atom. The highest BCUT2D eigenvalue weighted by Gasteiger charge is 2.31. The number of pyridine rings is 1. The van der Waals surface area contributed by atoms with Crippen LogP contribution < -0.4 is 16.2 Å². The van der Waals surface area contributed by atoms with Crippen molar-refractivity contribution in [1.82, 2.24) is 15.6 Å². The van der Waals surface area contributed by atoms with Crippen molar-refractivity contribution in [1.29, 1.82) is 0 Å². The standard InChI is InChI=1S/C12H17N3O3/c1-8-4-9(5-10(16)15-8)11(17)14-7-12(18)2-3-13-6-12/h4-5,13,18H,2-3,6-7H2,1H3,(H,14,17)(H,15,16). The maximum atomic E-state index is 11.9. The maximum Gasteiger partial charge on any atom is 0.251 e. The molecule has 1 aliphatic rings. The maximum absolute atomic E-state index is 11.9. The predicted octanol–water partition coefficient (Wildman–Crippen LogP) is -0.862. The number of aliphatic hydroxyl groups is 1. The van der Waals surface area contributed by atoms with Crippen LogP contribution in [0.4, 0.5) is 0 Å². The molecular weight excluding hydrogens is 234 g/mol. The van der Waals surface area contributed by atoms with Gasteiger partial charge in [-0.25, -0.2) is 0 Å².